The first-order valence-corrected chi connectivity index (χ1v) is 10.3. The maximum absolute atomic E-state index is 13.5. The van der Waals surface area contributed by atoms with Crippen molar-refractivity contribution >= 4 is 17.5 Å². The van der Waals surface area contributed by atoms with Gasteiger partial charge in [-0.1, -0.05) is 18.2 Å². The number of aromatic amines is 1. The molecule has 2 amide bonds. The van der Waals surface area contributed by atoms with Gasteiger partial charge in [-0.2, -0.15) is 0 Å². The van der Waals surface area contributed by atoms with Crippen LogP contribution < -0.4 is 4.90 Å². The molecule has 0 radical (unpaired) electrons. The van der Waals surface area contributed by atoms with E-state index in [0.717, 1.165) is 22.8 Å². The SMILES string of the molecule is Cc1cnc(CN(C)C(=O)[C@H]2[C@@H]3C=C[C@@]4(CN(c5ccc(C)c(C)c5)C(=O)[C@H]24)O3)[nH]1. The van der Waals surface area contributed by atoms with Crippen molar-refractivity contribution in [2.75, 3.05) is 18.5 Å². The molecule has 1 spiro atoms. The van der Waals surface area contributed by atoms with E-state index in [1.165, 1.54) is 5.56 Å². The fourth-order valence-electron chi connectivity index (χ4n) is 5.00. The minimum atomic E-state index is -0.719. The molecular formula is C23H26N4O3. The number of benzene rings is 1. The van der Waals surface area contributed by atoms with Crippen LogP contribution in [0.25, 0.3) is 0 Å². The predicted molar refractivity (Wildman–Crippen MR) is 112 cm³/mol. The first kappa shape index (κ1) is 19.1. The largest absolute Gasteiger partial charge is 0.360 e. The molecular weight excluding hydrogens is 380 g/mol. The van der Waals surface area contributed by atoms with Crippen LogP contribution in [0, 0.1) is 32.6 Å². The zero-order valence-corrected chi connectivity index (χ0v) is 17.7. The zero-order chi connectivity index (χ0) is 21.2. The van der Waals surface area contributed by atoms with Gasteiger partial charge in [-0.25, -0.2) is 4.98 Å². The molecule has 7 heteroatoms. The Kier molecular flexibility index (Phi) is 4.15. The van der Waals surface area contributed by atoms with Crippen molar-refractivity contribution in [1.82, 2.24) is 14.9 Å². The highest BCUT2D eigenvalue weighted by molar-refractivity contribution is 6.03. The number of aryl methyl sites for hydroxylation is 3. The number of imidazole rings is 1. The molecule has 156 valence electrons. The maximum Gasteiger partial charge on any atom is 0.234 e. The number of amides is 2. The topological polar surface area (TPSA) is 78.5 Å². The van der Waals surface area contributed by atoms with E-state index < -0.39 is 17.4 Å². The monoisotopic (exact) mass is 406 g/mol. The van der Waals surface area contributed by atoms with E-state index >= 15 is 0 Å². The van der Waals surface area contributed by atoms with Crippen molar-refractivity contribution in [2.24, 2.45) is 11.8 Å². The summed E-state index contributed by atoms with van der Waals surface area (Å²) in [5.41, 5.74) is 3.41. The van der Waals surface area contributed by atoms with Gasteiger partial charge >= 0.3 is 0 Å². The first-order valence-electron chi connectivity index (χ1n) is 10.3. The van der Waals surface area contributed by atoms with Crippen LogP contribution in [0.5, 0.6) is 0 Å². The molecule has 2 fully saturated rings. The van der Waals surface area contributed by atoms with Gasteiger partial charge in [-0.05, 0) is 44.0 Å². The number of fused-ring (bicyclic) bond motifs is 1. The molecule has 2 aromatic rings. The van der Waals surface area contributed by atoms with Crippen LogP contribution in [-0.2, 0) is 20.9 Å². The van der Waals surface area contributed by atoms with Gasteiger partial charge in [-0.15, -0.1) is 0 Å². The van der Waals surface area contributed by atoms with Crippen molar-refractivity contribution in [2.45, 2.75) is 39.0 Å². The summed E-state index contributed by atoms with van der Waals surface area (Å²) in [7, 11) is 1.75. The molecule has 1 aromatic carbocycles. The third kappa shape index (κ3) is 2.72. The van der Waals surface area contributed by atoms with Gasteiger partial charge in [-0.3, -0.25) is 9.59 Å². The summed E-state index contributed by atoms with van der Waals surface area (Å²) >= 11 is 0. The number of ether oxygens (including phenoxy) is 1. The van der Waals surface area contributed by atoms with E-state index in [4.69, 9.17) is 4.74 Å². The lowest BCUT2D eigenvalue weighted by molar-refractivity contribution is -0.139. The van der Waals surface area contributed by atoms with Crippen LogP contribution in [-0.4, -0.2) is 52.0 Å². The van der Waals surface area contributed by atoms with Crippen LogP contribution >= 0.6 is 0 Å². The molecule has 0 aliphatic carbocycles. The number of rotatable bonds is 4. The van der Waals surface area contributed by atoms with Crippen molar-refractivity contribution in [3.63, 3.8) is 0 Å². The number of hydrogen-bond acceptors (Lipinski definition) is 4. The minimum Gasteiger partial charge on any atom is -0.360 e. The second kappa shape index (κ2) is 6.54. The van der Waals surface area contributed by atoms with Crippen molar-refractivity contribution < 1.29 is 14.3 Å². The predicted octanol–water partition coefficient (Wildman–Crippen LogP) is 2.28. The number of H-pyrrole nitrogens is 1. The number of aromatic nitrogens is 2. The molecule has 3 aliphatic heterocycles. The van der Waals surface area contributed by atoms with Gasteiger partial charge in [0.05, 0.1) is 31.0 Å². The van der Waals surface area contributed by atoms with Gasteiger partial charge in [0, 0.05) is 24.6 Å². The molecule has 7 nitrogen and oxygen atoms in total. The molecule has 1 N–H and O–H groups in total. The van der Waals surface area contributed by atoms with E-state index in [1.807, 2.05) is 44.2 Å². The molecule has 5 rings (SSSR count). The standard InChI is InChI=1S/C23H26N4O3/c1-13-5-6-16(9-14(13)2)27-12-23-8-7-17(30-23)19(20(23)22(27)29)21(28)26(4)11-18-24-10-15(3)25-18/h5-10,17,19-20H,11-12H2,1-4H3,(H,24,25)/t17-,19-,20-,23-/m0/s1. The summed E-state index contributed by atoms with van der Waals surface area (Å²) < 4.78 is 6.25. The summed E-state index contributed by atoms with van der Waals surface area (Å²) in [6.07, 6.45) is 5.32. The highest BCUT2D eigenvalue weighted by atomic mass is 16.5. The van der Waals surface area contributed by atoms with Gasteiger partial charge in [0.1, 0.15) is 11.4 Å². The second-order valence-corrected chi connectivity index (χ2v) is 8.80. The number of anilines is 1. The van der Waals surface area contributed by atoms with Crippen LogP contribution in [0.1, 0.15) is 22.6 Å². The molecule has 1 aromatic heterocycles. The van der Waals surface area contributed by atoms with E-state index in [1.54, 1.807) is 23.0 Å². The second-order valence-electron chi connectivity index (χ2n) is 8.80. The third-order valence-electron chi connectivity index (χ3n) is 6.71. The Morgan fingerprint density at radius 1 is 1.33 bits per heavy atom. The Morgan fingerprint density at radius 3 is 2.83 bits per heavy atom. The Hall–Kier alpha value is -2.93. The summed E-state index contributed by atoms with van der Waals surface area (Å²) in [6.45, 7) is 6.83. The van der Waals surface area contributed by atoms with Gasteiger partial charge in [0.25, 0.3) is 0 Å². The average Bonchev–Trinajstić information content (AvgIpc) is 3.45. The van der Waals surface area contributed by atoms with Gasteiger partial charge in [0.2, 0.25) is 11.8 Å². The lowest BCUT2D eigenvalue weighted by atomic mass is 9.76. The number of nitrogens with one attached hydrogen (secondary N) is 1. The summed E-state index contributed by atoms with van der Waals surface area (Å²) in [5, 5.41) is 0. The zero-order valence-electron chi connectivity index (χ0n) is 17.7. The molecule has 3 aliphatic rings. The molecule has 4 heterocycles. The quantitative estimate of drug-likeness (QED) is 0.791. The van der Waals surface area contributed by atoms with Crippen molar-refractivity contribution in [3.8, 4) is 0 Å². The lowest BCUT2D eigenvalue weighted by Gasteiger charge is -2.27. The van der Waals surface area contributed by atoms with Crippen LogP contribution in [0.2, 0.25) is 0 Å². The molecule has 4 atom stereocenters. The lowest BCUT2D eigenvalue weighted by Crippen LogP contribution is -2.44. The van der Waals surface area contributed by atoms with Crippen molar-refractivity contribution in [3.05, 3.63) is 59.2 Å². The maximum atomic E-state index is 13.5. The molecule has 2 bridgehead atoms. The number of carbonyl (C=O) groups excluding carboxylic acids is 2. The van der Waals surface area contributed by atoms with Crippen LogP contribution in [0.15, 0.2) is 36.5 Å². The fourth-order valence-corrected chi connectivity index (χ4v) is 5.00. The molecule has 2 saturated heterocycles. The first-order chi connectivity index (χ1) is 14.3. The van der Waals surface area contributed by atoms with Gasteiger partial charge in [0.15, 0.2) is 0 Å². The Balaban J connectivity index is 1.42. The molecule has 30 heavy (non-hydrogen) atoms. The van der Waals surface area contributed by atoms with E-state index in [2.05, 4.69) is 16.9 Å². The number of hydrogen-bond donors (Lipinski definition) is 1. The Labute approximate surface area is 175 Å². The number of carbonyl (C=O) groups is 2. The summed E-state index contributed by atoms with van der Waals surface area (Å²) in [4.78, 5) is 37.7. The molecule has 0 saturated carbocycles. The normalized spacial score (nSPS) is 29.0. The highest BCUT2D eigenvalue weighted by Crippen LogP contribution is 2.53. The van der Waals surface area contributed by atoms with E-state index in [9.17, 15) is 9.59 Å². The Morgan fingerprint density at radius 2 is 2.13 bits per heavy atom. The minimum absolute atomic E-state index is 0.0364. The van der Waals surface area contributed by atoms with E-state index in [0.29, 0.717) is 13.1 Å². The molecule has 0 unspecified atom stereocenters. The summed E-state index contributed by atoms with van der Waals surface area (Å²) in [6, 6.07) is 6.03. The number of nitrogens with zero attached hydrogens (tertiary/aromatic N) is 3. The third-order valence-corrected chi connectivity index (χ3v) is 6.71. The van der Waals surface area contributed by atoms with Crippen LogP contribution in [0.4, 0.5) is 5.69 Å². The smallest absolute Gasteiger partial charge is 0.234 e. The Bertz CT molecular complexity index is 1070. The van der Waals surface area contributed by atoms with Crippen LogP contribution in [0.3, 0.4) is 0 Å². The van der Waals surface area contributed by atoms with Crippen molar-refractivity contribution in [1.29, 1.82) is 0 Å². The fraction of sp³-hybridized carbons (Fsp3) is 0.435. The highest BCUT2D eigenvalue weighted by Gasteiger charge is 2.67. The summed E-state index contributed by atoms with van der Waals surface area (Å²) in [5.74, 6) is -0.402. The van der Waals surface area contributed by atoms with E-state index in [-0.39, 0.29) is 17.9 Å². The average molecular weight is 406 g/mol. The van der Waals surface area contributed by atoms with Gasteiger partial charge < -0.3 is 19.5 Å².